The molecular formula is C21H30N4O2. The van der Waals surface area contributed by atoms with Crippen LogP contribution in [0.5, 0.6) is 0 Å². The van der Waals surface area contributed by atoms with Crippen LogP contribution < -0.4 is 0 Å². The number of pyridine rings is 1. The molecular weight excluding hydrogens is 340 g/mol. The molecule has 27 heavy (non-hydrogen) atoms. The van der Waals surface area contributed by atoms with E-state index in [1.807, 2.05) is 22.1 Å². The lowest BCUT2D eigenvalue weighted by Gasteiger charge is -2.41. The Morgan fingerprint density at radius 2 is 1.81 bits per heavy atom. The topological polar surface area (TPSA) is 56.8 Å². The van der Waals surface area contributed by atoms with Gasteiger partial charge in [0, 0.05) is 51.4 Å². The summed E-state index contributed by atoms with van der Waals surface area (Å²) in [5, 5.41) is 0. The molecule has 0 spiro atoms. The van der Waals surface area contributed by atoms with Crippen LogP contribution in [-0.4, -0.2) is 70.3 Å². The fourth-order valence-corrected chi connectivity index (χ4v) is 4.25. The summed E-state index contributed by atoms with van der Waals surface area (Å²) in [4.78, 5) is 36.4. The molecule has 6 nitrogen and oxygen atoms in total. The average Bonchev–Trinajstić information content (AvgIpc) is 3.55. The number of piperidine rings is 1. The third-order valence-electron chi connectivity index (χ3n) is 6.17. The first-order valence-electron chi connectivity index (χ1n) is 10.4. The van der Waals surface area contributed by atoms with Crippen LogP contribution in [-0.2, 0) is 16.1 Å². The summed E-state index contributed by atoms with van der Waals surface area (Å²) in [6, 6.07) is 3.83. The molecule has 2 aliphatic heterocycles. The van der Waals surface area contributed by atoms with Crippen molar-refractivity contribution in [3.63, 3.8) is 0 Å². The minimum atomic E-state index is -0.226. The molecule has 0 bridgehead atoms. The third-order valence-corrected chi connectivity index (χ3v) is 6.17. The highest BCUT2D eigenvalue weighted by Gasteiger charge is 2.41. The molecule has 1 aromatic heterocycles. The average molecular weight is 370 g/mol. The van der Waals surface area contributed by atoms with Gasteiger partial charge in [-0.05, 0) is 50.7 Å². The first-order valence-corrected chi connectivity index (χ1v) is 10.4. The number of piperazine rings is 1. The van der Waals surface area contributed by atoms with Crippen LogP contribution in [0.15, 0.2) is 18.3 Å². The van der Waals surface area contributed by atoms with E-state index in [9.17, 15) is 9.59 Å². The SMILES string of the molecule is Cc1cccnc1CN1CCN(C(=O)[C@@H]2CCCCN2C(=O)C2CC2)CC1. The molecule has 146 valence electrons. The molecule has 2 saturated heterocycles. The molecule has 0 radical (unpaired) electrons. The standard InChI is InChI=1S/C21H30N4O2/c1-16-5-4-9-22-18(16)15-23-11-13-24(14-12-23)21(27)19-6-2-3-10-25(19)20(26)17-7-8-17/h4-5,9,17,19H,2-3,6-8,10-15H2,1H3/t19-/m0/s1. The maximum absolute atomic E-state index is 13.1. The van der Waals surface area contributed by atoms with Crippen molar-refractivity contribution in [1.29, 1.82) is 0 Å². The van der Waals surface area contributed by atoms with E-state index in [4.69, 9.17) is 0 Å². The zero-order valence-electron chi connectivity index (χ0n) is 16.3. The number of carbonyl (C=O) groups excluding carboxylic acids is 2. The van der Waals surface area contributed by atoms with Gasteiger partial charge < -0.3 is 9.80 Å². The number of aryl methyl sites for hydroxylation is 1. The summed E-state index contributed by atoms with van der Waals surface area (Å²) in [7, 11) is 0. The molecule has 3 heterocycles. The van der Waals surface area contributed by atoms with E-state index in [0.717, 1.165) is 77.1 Å². The molecule has 0 N–H and O–H groups in total. The van der Waals surface area contributed by atoms with Crippen LogP contribution in [0.4, 0.5) is 0 Å². The Hall–Kier alpha value is -1.95. The minimum Gasteiger partial charge on any atom is -0.338 e. The maximum Gasteiger partial charge on any atom is 0.245 e. The van der Waals surface area contributed by atoms with Crippen molar-refractivity contribution in [3.8, 4) is 0 Å². The van der Waals surface area contributed by atoms with E-state index >= 15 is 0 Å². The Morgan fingerprint density at radius 3 is 2.52 bits per heavy atom. The van der Waals surface area contributed by atoms with Gasteiger partial charge in [-0.2, -0.15) is 0 Å². The molecule has 2 amide bonds. The van der Waals surface area contributed by atoms with Crippen molar-refractivity contribution in [2.75, 3.05) is 32.7 Å². The van der Waals surface area contributed by atoms with Crippen LogP contribution in [0.2, 0.25) is 0 Å². The lowest BCUT2D eigenvalue weighted by molar-refractivity contribution is -0.149. The van der Waals surface area contributed by atoms with Gasteiger partial charge in [-0.1, -0.05) is 6.07 Å². The molecule has 6 heteroatoms. The fraction of sp³-hybridized carbons (Fsp3) is 0.667. The zero-order valence-corrected chi connectivity index (χ0v) is 16.3. The smallest absolute Gasteiger partial charge is 0.245 e. The number of rotatable bonds is 4. The number of amides is 2. The molecule has 0 unspecified atom stereocenters. The Kier molecular flexibility index (Phi) is 5.43. The van der Waals surface area contributed by atoms with Gasteiger partial charge in [0.25, 0.3) is 0 Å². The first-order chi connectivity index (χ1) is 13.1. The summed E-state index contributed by atoms with van der Waals surface area (Å²) in [5.41, 5.74) is 2.33. The fourth-order valence-electron chi connectivity index (χ4n) is 4.25. The molecule has 4 rings (SSSR count). The van der Waals surface area contributed by atoms with Gasteiger partial charge in [-0.25, -0.2) is 0 Å². The van der Waals surface area contributed by atoms with Crippen LogP contribution in [0.3, 0.4) is 0 Å². The third kappa shape index (κ3) is 4.15. The molecule has 1 atom stereocenters. The van der Waals surface area contributed by atoms with Crippen LogP contribution >= 0.6 is 0 Å². The maximum atomic E-state index is 13.1. The van der Waals surface area contributed by atoms with Gasteiger partial charge >= 0.3 is 0 Å². The Bertz CT molecular complexity index is 695. The predicted octanol–water partition coefficient (Wildman–Crippen LogP) is 1.83. The first kappa shape index (κ1) is 18.4. The van der Waals surface area contributed by atoms with Crippen molar-refractivity contribution in [2.45, 2.75) is 51.6 Å². The van der Waals surface area contributed by atoms with Crippen LogP contribution in [0.25, 0.3) is 0 Å². The highest BCUT2D eigenvalue weighted by Crippen LogP contribution is 2.33. The van der Waals surface area contributed by atoms with Crippen molar-refractivity contribution in [3.05, 3.63) is 29.6 Å². The molecule has 1 aromatic rings. The Labute approximate surface area is 161 Å². The van der Waals surface area contributed by atoms with Crippen molar-refractivity contribution in [2.24, 2.45) is 5.92 Å². The number of nitrogens with zero attached hydrogens (tertiary/aromatic N) is 4. The second kappa shape index (κ2) is 7.97. The molecule has 0 aromatic carbocycles. The lowest BCUT2D eigenvalue weighted by atomic mass is 9.99. The number of aromatic nitrogens is 1. The van der Waals surface area contributed by atoms with Crippen LogP contribution in [0, 0.1) is 12.8 Å². The molecule has 1 aliphatic carbocycles. The number of hydrogen-bond acceptors (Lipinski definition) is 4. The number of hydrogen-bond donors (Lipinski definition) is 0. The highest BCUT2D eigenvalue weighted by atomic mass is 16.2. The summed E-state index contributed by atoms with van der Waals surface area (Å²) in [6.45, 7) is 6.90. The van der Waals surface area contributed by atoms with Gasteiger partial charge in [0.1, 0.15) is 6.04 Å². The van der Waals surface area contributed by atoms with Crippen molar-refractivity contribution < 1.29 is 9.59 Å². The second-order valence-corrected chi connectivity index (χ2v) is 8.19. The Morgan fingerprint density at radius 1 is 1.04 bits per heavy atom. The van der Waals surface area contributed by atoms with Crippen molar-refractivity contribution in [1.82, 2.24) is 19.7 Å². The largest absolute Gasteiger partial charge is 0.338 e. The summed E-state index contributed by atoms with van der Waals surface area (Å²) >= 11 is 0. The normalized spacial score (nSPS) is 24.1. The van der Waals surface area contributed by atoms with E-state index in [2.05, 4.69) is 22.9 Å². The second-order valence-electron chi connectivity index (χ2n) is 8.19. The highest BCUT2D eigenvalue weighted by molar-refractivity contribution is 5.89. The van der Waals surface area contributed by atoms with E-state index < -0.39 is 0 Å². The minimum absolute atomic E-state index is 0.164. The van der Waals surface area contributed by atoms with E-state index in [0.29, 0.717) is 0 Å². The van der Waals surface area contributed by atoms with Crippen LogP contribution in [0.1, 0.15) is 43.4 Å². The van der Waals surface area contributed by atoms with E-state index in [-0.39, 0.29) is 23.8 Å². The van der Waals surface area contributed by atoms with E-state index in [1.54, 1.807) is 0 Å². The molecule has 3 aliphatic rings. The lowest BCUT2D eigenvalue weighted by Crippen LogP contribution is -2.57. The quantitative estimate of drug-likeness (QED) is 0.811. The van der Waals surface area contributed by atoms with Gasteiger partial charge in [0.15, 0.2) is 0 Å². The molecule has 1 saturated carbocycles. The van der Waals surface area contributed by atoms with E-state index in [1.165, 1.54) is 5.56 Å². The van der Waals surface area contributed by atoms with Gasteiger partial charge in [-0.15, -0.1) is 0 Å². The van der Waals surface area contributed by atoms with Gasteiger partial charge in [-0.3, -0.25) is 19.5 Å². The summed E-state index contributed by atoms with van der Waals surface area (Å²) in [6.07, 6.45) is 6.74. The monoisotopic (exact) mass is 370 g/mol. The summed E-state index contributed by atoms with van der Waals surface area (Å²) < 4.78 is 0. The molecule has 3 fully saturated rings. The van der Waals surface area contributed by atoms with Gasteiger partial charge in [0.05, 0.1) is 5.69 Å². The van der Waals surface area contributed by atoms with Gasteiger partial charge in [0.2, 0.25) is 11.8 Å². The predicted molar refractivity (Wildman–Crippen MR) is 103 cm³/mol. The Balaban J connectivity index is 1.33. The van der Waals surface area contributed by atoms with Crippen molar-refractivity contribution >= 4 is 11.8 Å². The summed E-state index contributed by atoms with van der Waals surface area (Å²) in [5.74, 6) is 0.575. The number of likely N-dealkylation sites (tertiary alicyclic amines) is 1. The number of carbonyl (C=O) groups is 2. The zero-order chi connectivity index (χ0) is 18.8.